The Morgan fingerprint density at radius 3 is 2.20 bits per heavy atom. The Labute approximate surface area is 114 Å². The Bertz CT molecular complexity index is 621. The Morgan fingerprint density at radius 1 is 1.15 bits per heavy atom. The summed E-state index contributed by atoms with van der Waals surface area (Å²) in [5.74, 6) is -1.94. The van der Waals surface area contributed by atoms with Crippen LogP contribution in [0, 0.1) is 11.6 Å². The minimum Gasteiger partial charge on any atom is -0.409 e. The molecule has 0 aromatic heterocycles. The third-order valence-electron chi connectivity index (χ3n) is 2.90. The Balaban J connectivity index is 2.48. The average molecular weight is 277 g/mol. The molecule has 0 bridgehead atoms. The average Bonchev–Trinajstić information content (AvgIpc) is 2.46. The molecular formula is C14H13F2N3O. The number of halogens is 2. The first-order valence-corrected chi connectivity index (χ1v) is 5.80. The third kappa shape index (κ3) is 2.54. The fourth-order valence-corrected chi connectivity index (χ4v) is 1.87. The lowest BCUT2D eigenvalue weighted by Crippen LogP contribution is -2.17. The second-order valence-corrected chi connectivity index (χ2v) is 4.17. The molecule has 2 rings (SSSR count). The molecule has 0 aliphatic carbocycles. The molecule has 3 N–H and O–H groups in total. The van der Waals surface area contributed by atoms with E-state index in [1.165, 1.54) is 4.90 Å². The molecule has 0 saturated heterocycles. The van der Waals surface area contributed by atoms with E-state index in [1.807, 2.05) is 6.07 Å². The van der Waals surface area contributed by atoms with Crippen molar-refractivity contribution in [2.45, 2.75) is 0 Å². The third-order valence-corrected chi connectivity index (χ3v) is 2.90. The maximum Gasteiger partial charge on any atom is 0.170 e. The van der Waals surface area contributed by atoms with Gasteiger partial charge in [-0.2, -0.15) is 0 Å². The van der Waals surface area contributed by atoms with Crippen LogP contribution in [0.4, 0.5) is 20.2 Å². The topological polar surface area (TPSA) is 61.8 Å². The molecule has 0 spiro atoms. The summed E-state index contributed by atoms with van der Waals surface area (Å²) >= 11 is 0. The predicted molar refractivity (Wildman–Crippen MR) is 73.4 cm³/mol. The van der Waals surface area contributed by atoms with Crippen LogP contribution in [0.25, 0.3) is 0 Å². The van der Waals surface area contributed by atoms with Crippen molar-refractivity contribution in [2.75, 3.05) is 11.9 Å². The summed E-state index contributed by atoms with van der Waals surface area (Å²) in [6.45, 7) is 0. The van der Waals surface area contributed by atoms with Gasteiger partial charge in [-0.1, -0.05) is 23.4 Å². The number of hydrogen-bond acceptors (Lipinski definition) is 3. The lowest BCUT2D eigenvalue weighted by molar-refractivity contribution is 0.318. The van der Waals surface area contributed by atoms with Gasteiger partial charge in [0, 0.05) is 18.3 Å². The van der Waals surface area contributed by atoms with Crippen molar-refractivity contribution in [3.05, 3.63) is 59.7 Å². The highest BCUT2D eigenvalue weighted by Gasteiger charge is 2.17. The van der Waals surface area contributed by atoms with E-state index in [2.05, 4.69) is 5.16 Å². The number of anilines is 2. The van der Waals surface area contributed by atoms with Crippen molar-refractivity contribution in [1.82, 2.24) is 0 Å². The van der Waals surface area contributed by atoms with Crippen LogP contribution in [-0.4, -0.2) is 18.1 Å². The second-order valence-electron chi connectivity index (χ2n) is 4.17. The zero-order valence-corrected chi connectivity index (χ0v) is 10.7. The van der Waals surface area contributed by atoms with E-state index >= 15 is 0 Å². The van der Waals surface area contributed by atoms with E-state index in [0.29, 0.717) is 5.69 Å². The molecule has 0 amide bonds. The molecular weight excluding hydrogens is 264 g/mol. The van der Waals surface area contributed by atoms with Gasteiger partial charge in [0.25, 0.3) is 0 Å². The first-order valence-electron chi connectivity index (χ1n) is 5.80. The van der Waals surface area contributed by atoms with Crippen LogP contribution in [-0.2, 0) is 0 Å². The summed E-state index contributed by atoms with van der Waals surface area (Å²) < 4.78 is 28.1. The molecule has 104 valence electrons. The quantitative estimate of drug-likeness (QED) is 0.392. The van der Waals surface area contributed by atoms with Gasteiger partial charge in [0.05, 0.1) is 0 Å². The van der Waals surface area contributed by atoms with Gasteiger partial charge in [-0.05, 0) is 24.3 Å². The summed E-state index contributed by atoms with van der Waals surface area (Å²) in [6.07, 6.45) is 0. The number of hydrogen-bond donors (Lipinski definition) is 2. The normalized spacial score (nSPS) is 11.4. The Hall–Kier alpha value is -2.63. The predicted octanol–water partition coefficient (Wildman–Crippen LogP) is 2.83. The van der Waals surface area contributed by atoms with Gasteiger partial charge in [0.2, 0.25) is 0 Å². The van der Waals surface area contributed by atoms with Crippen LogP contribution >= 0.6 is 0 Å². The maximum atomic E-state index is 14.1. The fraction of sp³-hybridized carbons (Fsp3) is 0.0714. The molecule has 0 atom stereocenters. The van der Waals surface area contributed by atoms with Gasteiger partial charge >= 0.3 is 0 Å². The smallest absolute Gasteiger partial charge is 0.170 e. The summed E-state index contributed by atoms with van der Waals surface area (Å²) in [7, 11) is 1.56. The SMILES string of the molecule is CN(c1ccccc1)c1c(F)cc(/C(N)=N/O)cc1F. The fourth-order valence-electron chi connectivity index (χ4n) is 1.87. The highest BCUT2D eigenvalue weighted by molar-refractivity contribution is 5.97. The zero-order valence-electron chi connectivity index (χ0n) is 10.7. The number of amidine groups is 1. The van der Waals surface area contributed by atoms with Crippen LogP contribution in [0.5, 0.6) is 0 Å². The van der Waals surface area contributed by atoms with E-state index < -0.39 is 11.6 Å². The molecule has 2 aromatic rings. The Kier molecular flexibility index (Phi) is 3.84. The maximum absolute atomic E-state index is 14.1. The summed E-state index contributed by atoms with van der Waals surface area (Å²) in [4.78, 5) is 1.39. The first kappa shape index (κ1) is 13.8. The van der Waals surface area contributed by atoms with Crippen LogP contribution in [0.1, 0.15) is 5.56 Å². The van der Waals surface area contributed by atoms with Crippen molar-refractivity contribution < 1.29 is 14.0 Å². The van der Waals surface area contributed by atoms with Crippen molar-refractivity contribution >= 4 is 17.2 Å². The number of nitrogens with zero attached hydrogens (tertiary/aromatic N) is 2. The van der Waals surface area contributed by atoms with Gasteiger partial charge in [0.1, 0.15) is 5.69 Å². The minimum absolute atomic E-state index is 0.0206. The van der Waals surface area contributed by atoms with E-state index in [1.54, 1.807) is 31.3 Å². The monoisotopic (exact) mass is 277 g/mol. The minimum atomic E-state index is -0.794. The highest BCUT2D eigenvalue weighted by Crippen LogP contribution is 2.29. The zero-order chi connectivity index (χ0) is 14.7. The number of nitrogens with two attached hydrogens (primary N) is 1. The van der Waals surface area contributed by atoms with Crippen molar-refractivity contribution in [3.8, 4) is 0 Å². The molecule has 0 aliphatic rings. The van der Waals surface area contributed by atoms with Gasteiger partial charge in [-0.15, -0.1) is 0 Å². The molecule has 6 heteroatoms. The number of para-hydroxylation sites is 1. The molecule has 4 nitrogen and oxygen atoms in total. The number of oxime groups is 1. The van der Waals surface area contributed by atoms with E-state index in [9.17, 15) is 8.78 Å². The lowest BCUT2D eigenvalue weighted by atomic mass is 10.1. The Morgan fingerprint density at radius 2 is 1.70 bits per heavy atom. The van der Waals surface area contributed by atoms with Gasteiger partial charge < -0.3 is 15.8 Å². The summed E-state index contributed by atoms with van der Waals surface area (Å²) in [5.41, 5.74) is 5.74. The molecule has 0 radical (unpaired) electrons. The molecule has 0 unspecified atom stereocenters. The van der Waals surface area contributed by atoms with E-state index in [4.69, 9.17) is 10.9 Å². The van der Waals surface area contributed by atoms with Crippen LogP contribution in [0.2, 0.25) is 0 Å². The highest BCUT2D eigenvalue weighted by atomic mass is 19.1. The van der Waals surface area contributed by atoms with Crippen LogP contribution in [0.3, 0.4) is 0 Å². The van der Waals surface area contributed by atoms with Gasteiger partial charge in [-0.25, -0.2) is 8.78 Å². The van der Waals surface area contributed by atoms with Crippen LogP contribution in [0.15, 0.2) is 47.6 Å². The van der Waals surface area contributed by atoms with Crippen molar-refractivity contribution in [2.24, 2.45) is 10.9 Å². The van der Waals surface area contributed by atoms with Gasteiger partial charge in [0.15, 0.2) is 17.5 Å². The van der Waals surface area contributed by atoms with Crippen molar-refractivity contribution in [1.29, 1.82) is 0 Å². The summed E-state index contributed by atoms with van der Waals surface area (Å²) in [5, 5.41) is 11.3. The lowest BCUT2D eigenvalue weighted by Gasteiger charge is -2.21. The number of benzene rings is 2. The van der Waals surface area contributed by atoms with Gasteiger partial charge in [-0.3, -0.25) is 0 Å². The van der Waals surface area contributed by atoms with Crippen LogP contribution < -0.4 is 10.6 Å². The second kappa shape index (κ2) is 5.56. The molecule has 0 fully saturated rings. The molecule has 0 aliphatic heterocycles. The largest absolute Gasteiger partial charge is 0.409 e. The molecule has 2 aromatic carbocycles. The molecule has 0 heterocycles. The molecule has 0 saturated carbocycles. The summed E-state index contributed by atoms with van der Waals surface area (Å²) in [6, 6.07) is 10.9. The molecule has 20 heavy (non-hydrogen) atoms. The van der Waals surface area contributed by atoms with E-state index in [0.717, 1.165) is 12.1 Å². The number of rotatable bonds is 3. The van der Waals surface area contributed by atoms with E-state index in [-0.39, 0.29) is 17.1 Å². The standard InChI is InChI=1S/C14H13F2N3O/c1-19(10-5-3-2-4-6-10)13-11(15)7-9(8-12(13)16)14(17)18-20/h2-8,20H,1H3,(H2,17,18). The van der Waals surface area contributed by atoms with Crippen molar-refractivity contribution in [3.63, 3.8) is 0 Å². The first-order chi connectivity index (χ1) is 9.54.